The van der Waals surface area contributed by atoms with E-state index >= 15 is 0 Å². The van der Waals surface area contributed by atoms with Gasteiger partial charge in [-0.25, -0.2) is 16.8 Å². The number of hydrogen-bond acceptors (Lipinski definition) is 6. The fraction of sp³-hybridized carbons (Fsp3) is 0.154. The molecular weight excluding hydrogens is 571 g/mol. The number of amides is 2. The Bertz CT molecular complexity index is 1670. The van der Waals surface area contributed by atoms with E-state index in [9.17, 15) is 26.4 Å². The van der Waals surface area contributed by atoms with Crippen LogP contribution in [0.1, 0.15) is 13.8 Å². The van der Waals surface area contributed by atoms with Crippen LogP contribution in [0, 0.1) is 0 Å². The first-order valence-corrected chi connectivity index (χ1v) is 15.9. The van der Waals surface area contributed by atoms with Crippen LogP contribution < -0.4 is 9.80 Å². The minimum absolute atomic E-state index is 0.0534. The van der Waals surface area contributed by atoms with Gasteiger partial charge in [-0.05, 0) is 70.1 Å². The first-order chi connectivity index (χ1) is 17.7. The van der Waals surface area contributed by atoms with Gasteiger partial charge in [-0.3, -0.25) is 9.59 Å². The Morgan fingerprint density at radius 1 is 0.579 bits per heavy atom. The van der Waals surface area contributed by atoms with Crippen LogP contribution in [0.4, 0.5) is 11.4 Å². The smallest absolute Gasteiger partial charge is 0.261 e. The van der Waals surface area contributed by atoms with Gasteiger partial charge in [0.25, 0.3) is 18.1 Å². The number of nitrogens with zero attached hydrogens (tertiary/aromatic N) is 2. The molecule has 0 aliphatic rings. The molecule has 0 aliphatic carbocycles. The van der Waals surface area contributed by atoms with E-state index in [2.05, 4.69) is 0 Å². The molecule has 0 heterocycles. The molecule has 0 radical (unpaired) electrons. The molecule has 0 N–H and O–H groups in total. The molecule has 4 aromatic carbocycles. The minimum Gasteiger partial charge on any atom is -0.311 e. The predicted octanol–water partition coefficient (Wildman–Crippen LogP) is 5.25. The zero-order valence-corrected chi connectivity index (χ0v) is 23.4. The maximum Gasteiger partial charge on any atom is 0.261 e. The van der Waals surface area contributed by atoms with Crippen LogP contribution in [-0.4, -0.2) is 41.7 Å². The first kappa shape index (κ1) is 27.8. The Morgan fingerprint density at radius 3 is 1.24 bits per heavy atom. The third kappa shape index (κ3) is 6.10. The lowest BCUT2D eigenvalue weighted by atomic mass is 10.1. The van der Waals surface area contributed by atoms with Gasteiger partial charge < -0.3 is 9.80 Å². The lowest BCUT2D eigenvalue weighted by Crippen LogP contribution is -2.39. The van der Waals surface area contributed by atoms with Crippen LogP contribution in [0.15, 0.2) is 82.6 Å². The molecule has 8 nitrogen and oxygen atoms in total. The van der Waals surface area contributed by atoms with Gasteiger partial charge in [-0.2, -0.15) is 0 Å². The van der Waals surface area contributed by atoms with E-state index in [0.717, 1.165) is 10.8 Å². The summed E-state index contributed by atoms with van der Waals surface area (Å²) in [5.41, 5.74) is 1.04. The summed E-state index contributed by atoms with van der Waals surface area (Å²) in [6.45, 7) is 3.07. The van der Waals surface area contributed by atoms with E-state index in [1.807, 2.05) is 0 Å². The summed E-state index contributed by atoms with van der Waals surface area (Å²) >= 11 is 0. The summed E-state index contributed by atoms with van der Waals surface area (Å²) in [5, 5.41) is 2.69. The summed E-state index contributed by atoms with van der Waals surface area (Å²) in [7, 11) is 3.12. The number of anilines is 2. The van der Waals surface area contributed by atoms with Crippen molar-refractivity contribution < 1.29 is 26.4 Å². The fourth-order valence-corrected chi connectivity index (χ4v) is 5.77. The van der Waals surface area contributed by atoms with Crippen molar-refractivity contribution in [2.24, 2.45) is 0 Å². The lowest BCUT2D eigenvalue weighted by Gasteiger charge is -2.27. The number of fused-ring (bicyclic) bond motifs is 2. The molecular formula is C26H22Cl2N2O6S2. The highest BCUT2D eigenvalue weighted by molar-refractivity contribution is 8.14. The highest BCUT2D eigenvalue weighted by Crippen LogP contribution is 2.28. The van der Waals surface area contributed by atoms with Crippen LogP contribution in [0.3, 0.4) is 0 Å². The number of carbonyl (C=O) groups excluding carboxylic acids is 2. The van der Waals surface area contributed by atoms with Crippen molar-refractivity contribution in [3.8, 4) is 0 Å². The SMILES string of the molecule is CC(=O)N(CCN(C(C)=O)c1ccc2ccc(S(=O)(=O)Cl)cc2c1)c1ccc2ccc(S(=O)(=O)Cl)cc2c1. The zero-order valence-electron chi connectivity index (χ0n) is 20.3. The molecule has 0 fully saturated rings. The van der Waals surface area contributed by atoms with Gasteiger partial charge in [0.05, 0.1) is 9.79 Å². The maximum atomic E-state index is 12.6. The summed E-state index contributed by atoms with van der Waals surface area (Å²) in [5.74, 6) is -0.547. The number of rotatable bonds is 7. The molecule has 0 aliphatic heterocycles. The molecule has 12 heteroatoms. The standard InChI is InChI=1S/C26H22Cl2N2O6S2/c1-17(31)29(23-7-3-19-5-9-25(37(27,33)34)15-21(19)13-23)11-12-30(18(2)32)24-8-4-20-6-10-26(38(28,35)36)16-22(20)14-24/h3-10,13-16H,11-12H2,1-2H3. The molecule has 0 spiro atoms. The minimum atomic E-state index is -3.93. The monoisotopic (exact) mass is 592 g/mol. The molecule has 0 unspecified atom stereocenters. The van der Waals surface area contributed by atoms with Gasteiger partial charge in [0.1, 0.15) is 0 Å². The zero-order chi connectivity index (χ0) is 27.8. The second-order valence-corrected chi connectivity index (χ2v) is 13.7. The second kappa shape index (κ2) is 10.5. The Balaban J connectivity index is 1.65. The van der Waals surface area contributed by atoms with E-state index in [0.29, 0.717) is 22.1 Å². The third-order valence-electron chi connectivity index (χ3n) is 6.08. The van der Waals surface area contributed by atoms with Crippen molar-refractivity contribution in [2.45, 2.75) is 23.6 Å². The van der Waals surface area contributed by atoms with Crippen LogP contribution in [0.2, 0.25) is 0 Å². The second-order valence-electron chi connectivity index (χ2n) is 8.60. The van der Waals surface area contributed by atoms with Crippen molar-refractivity contribution in [3.05, 3.63) is 72.8 Å². The Hall–Kier alpha value is -3.18. The summed E-state index contributed by atoms with van der Waals surface area (Å²) < 4.78 is 47.0. The molecule has 0 saturated carbocycles. The molecule has 4 aromatic rings. The van der Waals surface area contributed by atoms with Gasteiger partial charge >= 0.3 is 0 Å². The highest BCUT2D eigenvalue weighted by Gasteiger charge is 2.19. The molecule has 4 rings (SSSR count). The van der Waals surface area contributed by atoms with E-state index in [4.69, 9.17) is 21.4 Å². The van der Waals surface area contributed by atoms with Crippen LogP contribution in [0.25, 0.3) is 21.5 Å². The van der Waals surface area contributed by atoms with Gasteiger partial charge in [-0.15, -0.1) is 0 Å². The lowest BCUT2D eigenvalue weighted by molar-refractivity contribution is -0.118. The molecule has 198 valence electrons. The number of benzene rings is 4. The van der Waals surface area contributed by atoms with Crippen molar-refractivity contribution in [1.29, 1.82) is 0 Å². The van der Waals surface area contributed by atoms with Crippen LogP contribution >= 0.6 is 21.4 Å². The molecule has 38 heavy (non-hydrogen) atoms. The molecule has 0 saturated heterocycles. The van der Waals surface area contributed by atoms with Crippen molar-refractivity contribution in [3.63, 3.8) is 0 Å². The summed E-state index contributed by atoms with van der Waals surface area (Å²) in [6.07, 6.45) is 0. The maximum absolute atomic E-state index is 12.6. The number of hydrogen-bond donors (Lipinski definition) is 0. The largest absolute Gasteiger partial charge is 0.311 e. The quantitative estimate of drug-likeness (QED) is 0.271. The van der Waals surface area contributed by atoms with E-state index in [-0.39, 0.29) is 34.7 Å². The normalized spacial score (nSPS) is 12.0. The average Bonchev–Trinajstić information content (AvgIpc) is 2.83. The van der Waals surface area contributed by atoms with Crippen molar-refractivity contribution in [1.82, 2.24) is 0 Å². The Labute approximate surface area is 229 Å². The number of halogens is 2. The van der Waals surface area contributed by atoms with Gasteiger partial charge in [-0.1, -0.05) is 24.3 Å². The van der Waals surface area contributed by atoms with Crippen molar-refractivity contribution >= 4 is 84.2 Å². The molecule has 0 aromatic heterocycles. The fourth-order valence-electron chi connectivity index (χ4n) is 4.20. The Kier molecular flexibility index (Phi) is 7.72. The van der Waals surface area contributed by atoms with Crippen molar-refractivity contribution in [2.75, 3.05) is 22.9 Å². The first-order valence-electron chi connectivity index (χ1n) is 11.3. The highest BCUT2D eigenvalue weighted by atomic mass is 35.7. The van der Waals surface area contributed by atoms with Gasteiger partial charge in [0.2, 0.25) is 11.8 Å². The summed E-state index contributed by atoms with van der Waals surface area (Å²) in [4.78, 5) is 28.0. The van der Waals surface area contributed by atoms with E-state index in [1.54, 1.807) is 48.5 Å². The van der Waals surface area contributed by atoms with Gasteiger partial charge in [0.15, 0.2) is 0 Å². The average molecular weight is 594 g/mol. The van der Waals surface area contributed by atoms with E-state index < -0.39 is 18.1 Å². The Morgan fingerprint density at radius 2 is 0.921 bits per heavy atom. The summed E-state index contributed by atoms with van der Waals surface area (Å²) in [6, 6.07) is 19.3. The van der Waals surface area contributed by atoms with Gasteiger partial charge in [0, 0.05) is 59.7 Å². The molecule has 0 atom stereocenters. The third-order valence-corrected chi connectivity index (χ3v) is 8.79. The number of carbonyl (C=O) groups is 2. The predicted molar refractivity (Wildman–Crippen MR) is 150 cm³/mol. The van der Waals surface area contributed by atoms with Crippen LogP contribution in [0.5, 0.6) is 0 Å². The van der Waals surface area contributed by atoms with E-state index in [1.165, 1.54) is 47.9 Å². The molecule has 2 amide bonds. The topological polar surface area (TPSA) is 109 Å². The van der Waals surface area contributed by atoms with Crippen LogP contribution in [-0.2, 0) is 27.7 Å². The molecule has 0 bridgehead atoms.